The van der Waals surface area contributed by atoms with Gasteiger partial charge in [-0.05, 0) is 36.4 Å². The fourth-order valence-electron chi connectivity index (χ4n) is 1.93. The molecule has 0 aliphatic rings. The van der Waals surface area contributed by atoms with Crippen molar-refractivity contribution in [3.63, 3.8) is 0 Å². The Kier molecular flexibility index (Phi) is 3.58. The number of halogens is 2. The maximum Gasteiger partial charge on any atom is 0.231 e. The van der Waals surface area contributed by atoms with Crippen molar-refractivity contribution in [3.05, 3.63) is 64.8 Å². The molecule has 0 fully saturated rings. The molecule has 3 aromatic rings. The molecule has 6 heteroatoms. The number of hydrogen-bond acceptors (Lipinski definition) is 4. The molecule has 2 N–H and O–H groups in total. The zero-order valence-corrected chi connectivity index (χ0v) is 11.6. The first-order valence-corrected chi connectivity index (χ1v) is 6.62. The molecule has 1 aromatic heterocycles. The van der Waals surface area contributed by atoms with E-state index in [-0.39, 0.29) is 6.42 Å². The third-order valence-electron chi connectivity index (χ3n) is 3.03. The van der Waals surface area contributed by atoms with E-state index in [0.29, 0.717) is 28.0 Å². The van der Waals surface area contributed by atoms with E-state index in [0.717, 1.165) is 5.56 Å². The summed E-state index contributed by atoms with van der Waals surface area (Å²) in [5, 5.41) is 4.21. The Hall–Kier alpha value is -2.40. The third-order valence-corrected chi connectivity index (χ3v) is 3.38. The molecular weight excluding hydrogens is 293 g/mol. The van der Waals surface area contributed by atoms with Crippen LogP contribution in [0.3, 0.4) is 0 Å². The first kappa shape index (κ1) is 13.6. The zero-order valence-electron chi connectivity index (χ0n) is 10.9. The Morgan fingerprint density at radius 2 is 1.90 bits per heavy atom. The lowest BCUT2D eigenvalue weighted by Crippen LogP contribution is -1.94. The van der Waals surface area contributed by atoms with Crippen LogP contribution in [0.25, 0.3) is 11.4 Å². The van der Waals surface area contributed by atoms with Crippen LogP contribution in [0.4, 0.5) is 10.1 Å². The van der Waals surface area contributed by atoms with Crippen LogP contribution in [-0.2, 0) is 6.42 Å². The number of nitrogens with zero attached hydrogens (tertiary/aromatic N) is 2. The Morgan fingerprint density at radius 1 is 1.14 bits per heavy atom. The number of nitrogens with two attached hydrogens (primary N) is 1. The minimum atomic E-state index is -0.394. The van der Waals surface area contributed by atoms with Crippen LogP contribution in [0.15, 0.2) is 47.0 Å². The maximum absolute atomic E-state index is 13.7. The summed E-state index contributed by atoms with van der Waals surface area (Å²) in [6.45, 7) is 0. The SMILES string of the molecule is Nc1ccc(-c2noc(Cc3c(F)cccc3Cl)n2)cc1. The molecule has 0 saturated heterocycles. The number of hydrogen-bond donors (Lipinski definition) is 1. The fourth-order valence-corrected chi connectivity index (χ4v) is 2.16. The van der Waals surface area contributed by atoms with Gasteiger partial charge in [-0.15, -0.1) is 0 Å². The van der Waals surface area contributed by atoms with Gasteiger partial charge < -0.3 is 10.3 Å². The zero-order chi connectivity index (χ0) is 14.8. The van der Waals surface area contributed by atoms with E-state index in [1.54, 1.807) is 36.4 Å². The van der Waals surface area contributed by atoms with Crippen LogP contribution >= 0.6 is 11.6 Å². The molecule has 2 aromatic carbocycles. The van der Waals surface area contributed by atoms with Gasteiger partial charge in [0.15, 0.2) is 0 Å². The highest BCUT2D eigenvalue weighted by atomic mass is 35.5. The quantitative estimate of drug-likeness (QED) is 0.749. The number of anilines is 1. The lowest BCUT2D eigenvalue weighted by Gasteiger charge is -2.01. The molecule has 106 valence electrons. The first-order valence-electron chi connectivity index (χ1n) is 6.25. The molecule has 0 bridgehead atoms. The second-order valence-electron chi connectivity index (χ2n) is 4.51. The average molecular weight is 304 g/mol. The molecule has 3 rings (SSSR count). The summed E-state index contributed by atoms with van der Waals surface area (Å²) in [4.78, 5) is 4.24. The van der Waals surface area contributed by atoms with Gasteiger partial charge in [-0.25, -0.2) is 4.39 Å². The Balaban J connectivity index is 1.87. The predicted molar refractivity (Wildman–Crippen MR) is 78.4 cm³/mol. The third kappa shape index (κ3) is 2.87. The molecule has 0 saturated carbocycles. The largest absolute Gasteiger partial charge is 0.399 e. The molecule has 1 heterocycles. The number of rotatable bonds is 3. The highest BCUT2D eigenvalue weighted by Crippen LogP contribution is 2.23. The number of aromatic nitrogens is 2. The van der Waals surface area contributed by atoms with E-state index in [4.69, 9.17) is 21.9 Å². The molecule has 4 nitrogen and oxygen atoms in total. The summed E-state index contributed by atoms with van der Waals surface area (Å²) in [5.74, 6) is 0.334. The molecule has 0 aliphatic heterocycles. The Bertz CT molecular complexity index is 751. The van der Waals surface area contributed by atoms with Gasteiger partial charge in [0, 0.05) is 21.8 Å². The normalized spacial score (nSPS) is 10.8. The lowest BCUT2D eigenvalue weighted by atomic mass is 10.1. The van der Waals surface area contributed by atoms with Gasteiger partial charge in [-0.3, -0.25) is 0 Å². The molecule has 0 aliphatic carbocycles. The van der Waals surface area contributed by atoms with Gasteiger partial charge in [-0.2, -0.15) is 4.98 Å². The van der Waals surface area contributed by atoms with E-state index in [1.807, 2.05) is 0 Å². The molecule has 0 amide bonds. The van der Waals surface area contributed by atoms with Crippen molar-refractivity contribution in [1.82, 2.24) is 10.1 Å². The number of benzene rings is 2. The van der Waals surface area contributed by atoms with E-state index in [2.05, 4.69) is 10.1 Å². The second-order valence-corrected chi connectivity index (χ2v) is 4.92. The van der Waals surface area contributed by atoms with Crippen molar-refractivity contribution in [1.29, 1.82) is 0 Å². The van der Waals surface area contributed by atoms with Gasteiger partial charge in [0.1, 0.15) is 5.82 Å². The van der Waals surface area contributed by atoms with Crippen LogP contribution in [-0.4, -0.2) is 10.1 Å². The van der Waals surface area contributed by atoms with Crippen LogP contribution in [0.5, 0.6) is 0 Å². The highest BCUT2D eigenvalue weighted by Gasteiger charge is 2.13. The van der Waals surface area contributed by atoms with Gasteiger partial charge in [0.05, 0.1) is 6.42 Å². The molecule has 21 heavy (non-hydrogen) atoms. The van der Waals surface area contributed by atoms with Gasteiger partial charge in [0.25, 0.3) is 0 Å². The van der Waals surface area contributed by atoms with Crippen molar-refractivity contribution in [2.75, 3.05) is 5.73 Å². The van der Waals surface area contributed by atoms with Gasteiger partial charge in [0.2, 0.25) is 11.7 Å². The smallest absolute Gasteiger partial charge is 0.231 e. The van der Waals surface area contributed by atoms with E-state index in [9.17, 15) is 4.39 Å². The van der Waals surface area contributed by atoms with Crippen molar-refractivity contribution in [2.45, 2.75) is 6.42 Å². The van der Waals surface area contributed by atoms with E-state index in [1.165, 1.54) is 6.07 Å². The molecular formula is C15H11ClFN3O. The summed E-state index contributed by atoms with van der Waals surface area (Å²) in [6.07, 6.45) is 0.146. The van der Waals surface area contributed by atoms with E-state index >= 15 is 0 Å². The van der Waals surface area contributed by atoms with Crippen molar-refractivity contribution < 1.29 is 8.91 Å². The van der Waals surface area contributed by atoms with Gasteiger partial charge >= 0.3 is 0 Å². The lowest BCUT2D eigenvalue weighted by molar-refractivity contribution is 0.384. The van der Waals surface area contributed by atoms with Crippen LogP contribution in [0.2, 0.25) is 5.02 Å². The predicted octanol–water partition coefficient (Wildman–Crippen LogP) is 3.70. The monoisotopic (exact) mass is 303 g/mol. The second kappa shape index (κ2) is 5.54. The van der Waals surface area contributed by atoms with Crippen LogP contribution in [0, 0.1) is 5.82 Å². The molecule has 0 spiro atoms. The summed E-state index contributed by atoms with van der Waals surface area (Å²) in [5.41, 5.74) is 7.39. The van der Waals surface area contributed by atoms with Crippen molar-refractivity contribution in [3.8, 4) is 11.4 Å². The molecule has 0 atom stereocenters. The number of nitrogen functional groups attached to an aromatic ring is 1. The maximum atomic E-state index is 13.7. The standard InChI is InChI=1S/C15H11ClFN3O/c16-12-2-1-3-13(17)11(12)8-14-19-15(20-21-14)9-4-6-10(18)7-5-9/h1-7H,8,18H2. The van der Waals surface area contributed by atoms with Crippen molar-refractivity contribution >= 4 is 17.3 Å². The summed E-state index contributed by atoms with van der Waals surface area (Å²) < 4.78 is 18.9. The van der Waals surface area contributed by atoms with Crippen LogP contribution in [0.1, 0.15) is 11.5 Å². The summed E-state index contributed by atoms with van der Waals surface area (Å²) >= 11 is 5.98. The molecule has 0 unspecified atom stereocenters. The Morgan fingerprint density at radius 3 is 2.62 bits per heavy atom. The fraction of sp³-hybridized carbons (Fsp3) is 0.0667. The first-order chi connectivity index (χ1) is 10.1. The minimum Gasteiger partial charge on any atom is -0.399 e. The van der Waals surface area contributed by atoms with Crippen LogP contribution < -0.4 is 5.73 Å². The summed E-state index contributed by atoms with van der Waals surface area (Å²) in [7, 11) is 0. The Labute approximate surface area is 125 Å². The van der Waals surface area contributed by atoms with E-state index < -0.39 is 5.82 Å². The summed E-state index contributed by atoms with van der Waals surface area (Å²) in [6, 6.07) is 11.6. The van der Waals surface area contributed by atoms with Crippen molar-refractivity contribution in [2.24, 2.45) is 0 Å². The average Bonchev–Trinajstić information content (AvgIpc) is 2.92. The highest BCUT2D eigenvalue weighted by molar-refractivity contribution is 6.31. The van der Waals surface area contributed by atoms with Gasteiger partial charge in [-0.1, -0.05) is 22.8 Å². The topological polar surface area (TPSA) is 64.9 Å². The minimum absolute atomic E-state index is 0.146. The molecule has 0 radical (unpaired) electrons.